The highest BCUT2D eigenvalue weighted by Gasteiger charge is 2.11. The Balaban J connectivity index is 1.91. The van der Waals surface area contributed by atoms with Crippen LogP contribution in [0.15, 0.2) is 41.2 Å². The highest BCUT2D eigenvalue weighted by Crippen LogP contribution is 2.09. The topological polar surface area (TPSA) is 42.2 Å². The lowest BCUT2D eigenvalue weighted by Crippen LogP contribution is -2.26. The molecular formula is C13H11F2NO2. The van der Waals surface area contributed by atoms with E-state index in [1.807, 2.05) is 0 Å². The van der Waals surface area contributed by atoms with Gasteiger partial charge in [-0.3, -0.25) is 4.79 Å². The van der Waals surface area contributed by atoms with Crippen LogP contribution >= 0.6 is 0 Å². The number of nitrogens with one attached hydrogen (secondary N) is 1. The van der Waals surface area contributed by atoms with Crippen molar-refractivity contribution in [1.29, 1.82) is 0 Å². The number of carbonyl (C=O) groups is 1. The van der Waals surface area contributed by atoms with E-state index in [-0.39, 0.29) is 5.56 Å². The number of amides is 1. The Morgan fingerprint density at radius 1 is 1.28 bits per heavy atom. The minimum atomic E-state index is -0.865. The molecule has 0 fully saturated rings. The van der Waals surface area contributed by atoms with Crippen LogP contribution in [0.25, 0.3) is 0 Å². The summed E-state index contributed by atoms with van der Waals surface area (Å²) in [4.78, 5) is 11.6. The molecular weight excluding hydrogens is 240 g/mol. The standard InChI is InChI=1S/C13H11F2NO2/c14-10-1-2-11(12(15)7-10)13(17)16-5-3-9-4-6-18-8-9/h1-2,4,6-8H,3,5H2,(H,16,17). The molecule has 0 radical (unpaired) electrons. The molecule has 1 amide bonds. The molecule has 0 atom stereocenters. The normalized spacial score (nSPS) is 10.3. The molecule has 1 aromatic carbocycles. The molecule has 0 bridgehead atoms. The molecule has 94 valence electrons. The fourth-order valence-corrected chi connectivity index (χ4v) is 1.52. The van der Waals surface area contributed by atoms with Crippen molar-refractivity contribution < 1.29 is 18.0 Å². The van der Waals surface area contributed by atoms with E-state index in [2.05, 4.69) is 5.32 Å². The van der Waals surface area contributed by atoms with Crippen molar-refractivity contribution in [2.24, 2.45) is 0 Å². The Kier molecular flexibility index (Phi) is 3.72. The Morgan fingerprint density at radius 3 is 2.78 bits per heavy atom. The predicted octanol–water partition coefficient (Wildman–Crippen LogP) is 2.53. The molecule has 0 saturated heterocycles. The second kappa shape index (κ2) is 5.44. The molecule has 0 unspecified atom stereocenters. The fourth-order valence-electron chi connectivity index (χ4n) is 1.52. The van der Waals surface area contributed by atoms with Crippen LogP contribution in [-0.4, -0.2) is 12.5 Å². The molecule has 0 aliphatic carbocycles. The first kappa shape index (κ1) is 12.3. The maximum atomic E-state index is 13.3. The molecule has 0 aliphatic rings. The first-order chi connectivity index (χ1) is 8.66. The van der Waals surface area contributed by atoms with Gasteiger partial charge in [0.05, 0.1) is 18.1 Å². The predicted molar refractivity (Wildman–Crippen MR) is 61.1 cm³/mol. The summed E-state index contributed by atoms with van der Waals surface area (Å²) in [6.07, 6.45) is 3.70. The molecule has 1 aromatic heterocycles. The maximum absolute atomic E-state index is 13.3. The van der Waals surface area contributed by atoms with Crippen molar-refractivity contribution in [3.63, 3.8) is 0 Å². The third kappa shape index (κ3) is 2.94. The summed E-state index contributed by atoms with van der Waals surface area (Å²) in [6, 6.07) is 4.64. The maximum Gasteiger partial charge on any atom is 0.254 e. The van der Waals surface area contributed by atoms with Gasteiger partial charge in [-0.2, -0.15) is 0 Å². The SMILES string of the molecule is O=C(NCCc1ccoc1)c1ccc(F)cc1F. The van der Waals surface area contributed by atoms with Crippen molar-refractivity contribution in [3.05, 3.63) is 59.6 Å². The van der Waals surface area contributed by atoms with Crippen LogP contribution < -0.4 is 5.32 Å². The van der Waals surface area contributed by atoms with E-state index in [0.29, 0.717) is 19.0 Å². The molecule has 1 heterocycles. The fraction of sp³-hybridized carbons (Fsp3) is 0.154. The van der Waals surface area contributed by atoms with Crippen molar-refractivity contribution in [1.82, 2.24) is 5.32 Å². The molecule has 5 heteroatoms. The van der Waals surface area contributed by atoms with Gasteiger partial charge in [0.25, 0.3) is 5.91 Å². The third-order valence-electron chi connectivity index (χ3n) is 2.46. The Morgan fingerprint density at radius 2 is 2.11 bits per heavy atom. The molecule has 0 aliphatic heterocycles. The molecule has 3 nitrogen and oxygen atoms in total. The van der Waals surface area contributed by atoms with E-state index in [0.717, 1.165) is 17.7 Å². The lowest BCUT2D eigenvalue weighted by Gasteiger charge is -2.05. The van der Waals surface area contributed by atoms with E-state index in [1.54, 1.807) is 12.3 Å². The monoisotopic (exact) mass is 251 g/mol. The van der Waals surface area contributed by atoms with Crippen molar-refractivity contribution in [2.45, 2.75) is 6.42 Å². The van der Waals surface area contributed by atoms with Crippen LogP contribution in [0.1, 0.15) is 15.9 Å². The summed E-state index contributed by atoms with van der Waals surface area (Å²) in [5, 5.41) is 2.55. The molecule has 0 spiro atoms. The van der Waals surface area contributed by atoms with Gasteiger partial charge in [-0.05, 0) is 30.2 Å². The van der Waals surface area contributed by atoms with E-state index >= 15 is 0 Å². The van der Waals surface area contributed by atoms with Gasteiger partial charge in [-0.25, -0.2) is 8.78 Å². The van der Waals surface area contributed by atoms with E-state index in [9.17, 15) is 13.6 Å². The zero-order chi connectivity index (χ0) is 13.0. The highest BCUT2D eigenvalue weighted by atomic mass is 19.1. The third-order valence-corrected chi connectivity index (χ3v) is 2.46. The molecule has 0 saturated carbocycles. The Bertz CT molecular complexity index is 538. The number of hydrogen-bond donors (Lipinski definition) is 1. The highest BCUT2D eigenvalue weighted by molar-refractivity contribution is 5.94. The Hall–Kier alpha value is -2.17. The van der Waals surface area contributed by atoms with Crippen LogP contribution in [0, 0.1) is 11.6 Å². The summed E-state index contributed by atoms with van der Waals surface area (Å²) in [5.74, 6) is -2.13. The van der Waals surface area contributed by atoms with Gasteiger partial charge in [-0.1, -0.05) is 0 Å². The summed E-state index contributed by atoms with van der Waals surface area (Å²) in [7, 11) is 0. The second-order valence-electron chi connectivity index (χ2n) is 3.76. The Labute approximate surface area is 102 Å². The minimum Gasteiger partial charge on any atom is -0.472 e. The molecule has 2 aromatic rings. The van der Waals surface area contributed by atoms with E-state index < -0.39 is 17.5 Å². The van der Waals surface area contributed by atoms with Gasteiger partial charge in [0.2, 0.25) is 0 Å². The molecule has 18 heavy (non-hydrogen) atoms. The smallest absolute Gasteiger partial charge is 0.254 e. The summed E-state index contributed by atoms with van der Waals surface area (Å²) >= 11 is 0. The summed E-state index contributed by atoms with van der Waals surface area (Å²) < 4.78 is 30.8. The van der Waals surface area contributed by atoms with Crippen LogP contribution in [0.5, 0.6) is 0 Å². The molecule has 1 N–H and O–H groups in total. The van der Waals surface area contributed by atoms with E-state index in [4.69, 9.17) is 4.42 Å². The van der Waals surface area contributed by atoms with Gasteiger partial charge in [0.1, 0.15) is 11.6 Å². The summed E-state index contributed by atoms with van der Waals surface area (Å²) in [6.45, 7) is 0.356. The van der Waals surface area contributed by atoms with Crippen LogP contribution in [-0.2, 0) is 6.42 Å². The average Bonchev–Trinajstić information content (AvgIpc) is 2.81. The number of rotatable bonds is 4. The zero-order valence-corrected chi connectivity index (χ0v) is 9.45. The number of hydrogen-bond acceptors (Lipinski definition) is 2. The van der Waals surface area contributed by atoms with Crippen LogP contribution in [0.2, 0.25) is 0 Å². The van der Waals surface area contributed by atoms with Crippen molar-refractivity contribution in [3.8, 4) is 0 Å². The first-order valence-corrected chi connectivity index (χ1v) is 5.41. The minimum absolute atomic E-state index is 0.163. The van der Waals surface area contributed by atoms with Crippen molar-refractivity contribution >= 4 is 5.91 Å². The lowest BCUT2D eigenvalue weighted by atomic mass is 10.2. The van der Waals surface area contributed by atoms with Gasteiger partial charge in [-0.15, -0.1) is 0 Å². The number of carbonyl (C=O) groups excluding carboxylic acids is 1. The van der Waals surface area contributed by atoms with Gasteiger partial charge in [0, 0.05) is 12.6 Å². The van der Waals surface area contributed by atoms with Gasteiger partial charge >= 0.3 is 0 Å². The lowest BCUT2D eigenvalue weighted by molar-refractivity contribution is 0.0950. The van der Waals surface area contributed by atoms with Crippen LogP contribution in [0.3, 0.4) is 0 Å². The molecule has 2 rings (SSSR count). The van der Waals surface area contributed by atoms with Gasteiger partial charge < -0.3 is 9.73 Å². The first-order valence-electron chi connectivity index (χ1n) is 5.41. The second-order valence-corrected chi connectivity index (χ2v) is 3.76. The largest absolute Gasteiger partial charge is 0.472 e. The number of halogens is 2. The van der Waals surface area contributed by atoms with Gasteiger partial charge in [0.15, 0.2) is 0 Å². The number of furan rings is 1. The van der Waals surface area contributed by atoms with E-state index in [1.165, 1.54) is 6.26 Å². The zero-order valence-electron chi connectivity index (χ0n) is 9.45. The van der Waals surface area contributed by atoms with Crippen molar-refractivity contribution in [2.75, 3.05) is 6.54 Å². The average molecular weight is 251 g/mol. The number of benzene rings is 1. The summed E-state index contributed by atoms with van der Waals surface area (Å²) in [5.41, 5.74) is 0.776. The van der Waals surface area contributed by atoms with Crippen LogP contribution in [0.4, 0.5) is 8.78 Å². The quantitative estimate of drug-likeness (QED) is 0.907.